The van der Waals surface area contributed by atoms with Crippen molar-refractivity contribution in [3.05, 3.63) is 0 Å². The number of piperidine rings is 1. The molecule has 1 saturated carbocycles. The van der Waals surface area contributed by atoms with E-state index in [1.54, 1.807) is 0 Å². The zero-order valence-corrected chi connectivity index (χ0v) is 8.52. The van der Waals surface area contributed by atoms with Gasteiger partial charge in [-0.05, 0) is 19.3 Å². The molecule has 1 aliphatic carbocycles. The second-order valence-corrected chi connectivity index (χ2v) is 4.21. The smallest absolute Gasteiger partial charge is 0.0923 e. The lowest BCUT2D eigenvalue weighted by Crippen LogP contribution is -2.57. The standard InChI is InChI=1S/C9H17NO2.ClH/c11-7-5-9(3-1-2-4-9)10-6-8(7)12;/h7-8,10-12H,1-6H2;1H/t7-,8+;/m0./s1. The quantitative estimate of drug-likeness (QED) is 0.540. The molecule has 1 saturated heterocycles. The zero-order valence-electron chi connectivity index (χ0n) is 7.70. The molecule has 2 atom stereocenters. The molecular formula is C9H18ClNO2. The molecule has 3 nitrogen and oxygen atoms in total. The van der Waals surface area contributed by atoms with Gasteiger partial charge in [-0.25, -0.2) is 0 Å². The Morgan fingerprint density at radius 1 is 1.08 bits per heavy atom. The highest BCUT2D eigenvalue weighted by atomic mass is 35.5. The summed E-state index contributed by atoms with van der Waals surface area (Å²) in [5.41, 5.74) is 0.165. The maximum Gasteiger partial charge on any atom is 0.0923 e. The molecule has 1 heterocycles. The van der Waals surface area contributed by atoms with Crippen LogP contribution in [0, 0.1) is 0 Å². The molecule has 1 spiro atoms. The molecule has 0 bridgehead atoms. The summed E-state index contributed by atoms with van der Waals surface area (Å²) in [5.74, 6) is 0. The number of aliphatic hydroxyl groups excluding tert-OH is 2. The topological polar surface area (TPSA) is 52.5 Å². The average molecular weight is 208 g/mol. The Bertz CT molecular complexity index is 171. The number of hydrogen-bond donors (Lipinski definition) is 3. The maximum atomic E-state index is 9.51. The molecule has 13 heavy (non-hydrogen) atoms. The number of aliphatic hydroxyl groups is 2. The summed E-state index contributed by atoms with van der Waals surface area (Å²) in [7, 11) is 0. The minimum absolute atomic E-state index is 0. The van der Waals surface area contributed by atoms with Crippen molar-refractivity contribution in [1.29, 1.82) is 0 Å². The lowest BCUT2D eigenvalue weighted by molar-refractivity contribution is -0.0320. The van der Waals surface area contributed by atoms with Crippen molar-refractivity contribution in [2.75, 3.05) is 6.54 Å². The fraction of sp³-hybridized carbons (Fsp3) is 1.00. The van der Waals surface area contributed by atoms with Gasteiger partial charge in [0.15, 0.2) is 0 Å². The van der Waals surface area contributed by atoms with E-state index in [0.29, 0.717) is 6.54 Å². The molecule has 2 fully saturated rings. The van der Waals surface area contributed by atoms with E-state index >= 15 is 0 Å². The second kappa shape index (κ2) is 4.13. The first-order valence-electron chi connectivity index (χ1n) is 4.83. The van der Waals surface area contributed by atoms with Gasteiger partial charge in [0.1, 0.15) is 0 Å². The van der Waals surface area contributed by atoms with E-state index in [1.807, 2.05) is 0 Å². The normalized spacial score (nSPS) is 37.4. The summed E-state index contributed by atoms with van der Waals surface area (Å²) < 4.78 is 0. The van der Waals surface area contributed by atoms with Crippen molar-refractivity contribution in [3.63, 3.8) is 0 Å². The van der Waals surface area contributed by atoms with Gasteiger partial charge in [-0.15, -0.1) is 12.4 Å². The van der Waals surface area contributed by atoms with Crippen molar-refractivity contribution >= 4 is 12.4 Å². The third-order valence-corrected chi connectivity index (χ3v) is 3.29. The molecule has 78 valence electrons. The van der Waals surface area contributed by atoms with Crippen molar-refractivity contribution in [1.82, 2.24) is 5.32 Å². The van der Waals surface area contributed by atoms with Crippen LogP contribution in [0.3, 0.4) is 0 Å². The van der Waals surface area contributed by atoms with Gasteiger partial charge >= 0.3 is 0 Å². The highest BCUT2D eigenvalue weighted by Crippen LogP contribution is 2.35. The molecule has 0 aromatic heterocycles. The van der Waals surface area contributed by atoms with Crippen LogP contribution in [0.2, 0.25) is 0 Å². The lowest BCUT2D eigenvalue weighted by atomic mass is 9.85. The van der Waals surface area contributed by atoms with Crippen molar-refractivity contribution < 1.29 is 10.2 Å². The molecule has 3 N–H and O–H groups in total. The van der Waals surface area contributed by atoms with Crippen LogP contribution in [0.1, 0.15) is 32.1 Å². The highest BCUT2D eigenvalue weighted by molar-refractivity contribution is 5.85. The van der Waals surface area contributed by atoms with Crippen LogP contribution >= 0.6 is 12.4 Å². The summed E-state index contributed by atoms with van der Waals surface area (Å²) in [5, 5.41) is 22.2. The lowest BCUT2D eigenvalue weighted by Gasteiger charge is -2.39. The molecule has 4 heteroatoms. The highest BCUT2D eigenvalue weighted by Gasteiger charge is 2.40. The summed E-state index contributed by atoms with van der Waals surface area (Å²) in [4.78, 5) is 0. The Balaban J connectivity index is 0.000000845. The molecule has 0 aromatic rings. The van der Waals surface area contributed by atoms with Crippen LogP contribution in [0.15, 0.2) is 0 Å². The van der Waals surface area contributed by atoms with Gasteiger partial charge in [0.25, 0.3) is 0 Å². The zero-order chi connectivity index (χ0) is 8.60. The van der Waals surface area contributed by atoms with Crippen LogP contribution in [0.25, 0.3) is 0 Å². The largest absolute Gasteiger partial charge is 0.390 e. The molecule has 0 aromatic carbocycles. The predicted octanol–water partition coefficient (Wildman–Crippen LogP) is 0.436. The molecule has 2 rings (SSSR count). The van der Waals surface area contributed by atoms with E-state index in [1.165, 1.54) is 12.8 Å². The Kier molecular flexibility index (Phi) is 3.57. The van der Waals surface area contributed by atoms with Gasteiger partial charge < -0.3 is 15.5 Å². The summed E-state index contributed by atoms with van der Waals surface area (Å²) in [6.45, 7) is 0.557. The van der Waals surface area contributed by atoms with Crippen LogP contribution < -0.4 is 5.32 Å². The predicted molar refractivity (Wildman–Crippen MR) is 53.1 cm³/mol. The summed E-state index contributed by atoms with van der Waals surface area (Å²) in [6.07, 6.45) is 4.51. The van der Waals surface area contributed by atoms with Crippen LogP contribution in [0.5, 0.6) is 0 Å². The monoisotopic (exact) mass is 207 g/mol. The third-order valence-electron chi connectivity index (χ3n) is 3.29. The molecule has 0 unspecified atom stereocenters. The van der Waals surface area contributed by atoms with E-state index in [2.05, 4.69) is 5.32 Å². The molecule has 0 amide bonds. The minimum Gasteiger partial charge on any atom is -0.390 e. The van der Waals surface area contributed by atoms with Crippen LogP contribution in [-0.4, -0.2) is 34.5 Å². The van der Waals surface area contributed by atoms with Gasteiger partial charge in [0.2, 0.25) is 0 Å². The first-order chi connectivity index (χ1) is 5.72. The Labute approximate surface area is 84.9 Å². The van der Waals surface area contributed by atoms with E-state index in [4.69, 9.17) is 0 Å². The van der Waals surface area contributed by atoms with Gasteiger partial charge in [-0.3, -0.25) is 0 Å². The Hall–Kier alpha value is 0.170. The fourth-order valence-corrected chi connectivity index (χ4v) is 2.50. The summed E-state index contributed by atoms with van der Waals surface area (Å²) in [6, 6.07) is 0. The first-order valence-corrected chi connectivity index (χ1v) is 4.83. The van der Waals surface area contributed by atoms with Gasteiger partial charge in [0, 0.05) is 12.1 Å². The van der Waals surface area contributed by atoms with E-state index in [9.17, 15) is 10.2 Å². The van der Waals surface area contributed by atoms with Gasteiger partial charge in [0.05, 0.1) is 12.2 Å². The van der Waals surface area contributed by atoms with E-state index in [-0.39, 0.29) is 17.9 Å². The van der Waals surface area contributed by atoms with Crippen molar-refractivity contribution in [3.8, 4) is 0 Å². The molecular weight excluding hydrogens is 190 g/mol. The number of nitrogens with one attached hydrogen (secondary N) is 1. The van der Waals surface area contributed by atoms with Crippen LogP contribution in [-0.2, 0) is 0 Å². The van der Waals surface area contributed by atoms with E-state index < -0.39 is 12.2 Å². The van der Waals surface area contributed by atoms with Gasteiger partial charge in [-0.1, -0.05) is 12.8 Å². The molecule has 1 aliphatic heterocycles. The second-order valence-electron chi connectivity index (χ2n) is 4.21. The number of β-amino-alcohol motifs (C(OH)–C–C–N with tert-alkyl or cyclic N) is 1. The average Bonchev–Trinajstić information content (AvgIpc) is 2.47. The number of rotatable bonds is 0. The maximum absolute atomic E-state index is 9.51. The number of halogens is 1. The van der Waals surface area contributed by atoms with E-state index in [0.717, 1.165) is 19.3 Å². The Morgan fingerprint density at radius 2 is 1.69 bits per heavy atom. The summed E-state index contributed by atoms with van der Waals surface area (Å²) >= 11 is 0. The molecule has 2 aliphatic rings. The first kappa shape index (κ1) is 11.2. The Morgan fingerprint density at radius 3 is 2.23 bits per heavy atom. The third kappa shape index (κ3) is 2.15. The minimum atomic E-state index is -0.559. The number of hydrogen-bond acceptors (Lipinski definition) is 3. The molecule has 0 radical (unpaired) electrons. The fourth-order valence-electron chi connectivity index (χ4n) is 2.50. The van der Waals surface area contributed by atoms with Crippen LogP contribution in [0.4, 0.5) is 0 Å². The van der Waals surface area contributed by atoms with Crippen molar-refractivity contribution in [2.24, 2.45) is 0 Å². The van der Waals surface area contributed by atoms with Crippen molar-refractivity contribution in [2.45, 2.75) is 49.9 Å². The van der Waals surface area contributed by atoms with Gasteiger partial charge in [-0.2, -0.15) is 0 Å². The SMILES string of the molecule is Cl.O[C@@H]1CNC2(CCCC2)C[C@@H]1O.